The summed E-state index contributed by atoms with van der Waals surface area (Å²) in [5.74, 6) is -0.603. The van der Waals surface area contributed by atoms with E-state index in [2.05, 4.69) is 5.32 Å². The number of halogens is 1. The van der Waals surface area contributed by atoms with Crippen molar-refractivity contribution in [2.75, 3.05) is 6.54 Å². The van der Waals surface area contributed by atoms with E-state index < -0.39 is 21.0 Å². The summed E-state index contributed by atoms with van der Waals surface area (Å²) in [5, 5.41) is 7.73. The molecule has 2 aromatic rings. The maximum atomic E-state index is 11.8. The predicted molar refractivity (Wildman–Crippen MR) is 77.6 cm³/mol. The molecule has 1 heterocycles. The standard InChI is InChI=1S/C13H13ClN2O4S/c14-10-3-1-9(2-4-10)7-8-16-13(17)11-5-6-12(20-11)21(15,18)19/h1-6H,7-8H2,(H,16,17)(H2,15,18,19). The molecule has 2 rings (SSSR count). The van der Waals surface area contributed by atoms with E-state index in [9.17, 15) is 13.2 Å². The maximum Gasteiger partial charge on any atom is 0.287 e. The van der Waals surface area contributed by atoms with Crippen LogP contribution in [0.2, 0.25) is 5.02 Å². The van der Waals surface area contributed by atoms with Gasteiger partial charge < -0.3 is 9.73 Å². The molecule has 21 heavy (non-hydrogen) atoms. The lowest BCUT2D eigenvalue weighted by atomic mass is 10.1. The van der Waals surface area contributed by atoms with Crippen LogP contribution in [0.15, 0.2) is 45.9 Å². The van der Waals surface area contributed by atoms with Gasteiger partial charge in [-0.25, -0.2) is 13.6 Å². The SMILES string of the molecule is NS(=O)(=O)c1ccc(C(=O)NCCc2ccc(Cl)cc2)o1. The summed E-state index contributed by atoms with van der Waals surface area (Å²) >= 11 is 5.77. The van der Waals surface area contributed by atoms with Gasteiger partial charge in [-0.05, 0) is 36.2 Å². The molecule has 0 radical (unpaired) electrons. The van der Waals surface area contributed by atoms with Gasteiger partial charge in [0.1, 0.15) is 0 Å². The van der Waals surface area contributed by atoms with Gasteiger partial charge in [-0.2, -0.15) is 0 Å². The summed E-state index contributed by atoms with van der Waals surface area (Å²) in [6, 6.07) is 9.66. The van der Waals surface area contributed by atoms with E-state index in [0.717, 1.165) is 11.6 Å². The van der Waals surface area contributed by atoms with Gasteiger partial charge in [-0.15, -0.1) is 0 Å². The Morgan fingerprint density at radius 1 is 1.19 bits per heavy atom. The molecule has 0 saturated carbocycles. The van der Waals surface area contributed by atoms with Gasteiger partial charge in [0.2, 0.25) is 5.09 Å². The van der Waals surface area contributed by atoms with Gasteiger partial charge >= 0.3 is 0 Å². The van der Waals surface area contributed by atoms with Gasteiger partial charge in [-0.1, -0.05) is 23.7 Å². The monoisotopic (exact) mass is 328 g/mol. The van der Waals surface area contributed by atoms with Gasteiger partial charge in [-0.3, -0.25) is 4.79 Å². The molecule has 0 saturated heterocycles. The molecular weight excluding hydrogens is 316 g/mol. The van der Waals surface area contributed by atoms with Gasteiger partial charge in [0.15, 0.2) is 5.76 Å². The molecule has 1 aromatic heterocycles. The fourth-order valence-electron chi connectivity index (χ4n) is 1.65. The Morgan fingerprint density at radius 3 is 2.43 bits per heavy atom. The lowest BCUT2D eigenvalue weighted by Crippen LogP contribution is -2.25. The van der Waals surface area contributed by atoms with E-state index in [1.54, 1.807) is 12.1 Å². The molecule has 1 aromatic carbocycles. The third-order valence-electron chi connectivity index (χ3n) is 2.70. The number of carbonyl (C=O) groups is 1. The summed E-state index contributed by atoms with van der Waals surface area (Å²) in [6.07, 6.45) is 0.617. The minimum Gasteiger partial charge on any atom is -0.438 e. The van der Waals surface area contributed by atoms with E-state index in [4.69, 9.17) is 21.2 Å². The smallest absolute Gasteiger partial charge is 0.287 e. The number of nitrogens with two attached hydrogens (primary N) is 1. The van der Waals surface area contributed by atoms with E-state index in [1.165, 1.54) is 6.07 Å². The number of sulfonamides is 1. The lowest BCUT2D eigenvalue weighted by Gasteiger charge is -2.03. The van der Waals surface area contributed by atoms with Crippen LogP contribution in [-0.2, 0) is 16.4 Å². The second kappa shape index (κ2) is 6.30. The number of benzene rings is 1. The summed E-state index contributed by atoms with van der Waals surface area (Å²) in [5.41, 5.74) is 1.02. The molecule has 0 aliphatic rings. The zero-order valence-corrected chi connectivity index (χ0v) is 12.4. The second-order valence-corrected chi connectivity index (χ2v) is 6.22. The fourth-order valence-corrected chi connectivity index (χ4v) is 2.24. The number of primary sulfonamides is 1. The van der Waals surface area contributed by atoms with Crippen molar-refractivity contribution in [2.45, 2.75) is 11.5 Å². The highest BCUT2D eigenvalue weighted by Gasteiger charge is 2.17. The number of carbonyl (C=O) groups excluding carboxylic acids is 1. The Balaban J connectivity index is 1.90. The summed E-state index contributed by atoms with van der Waals surface area (Å²) in [6.45, 7) is 0.381. The summed E-state index contributed by atoms with van der Waals surface area (Å²) in [7, 11) is -3.94. The molecule has 0 fully saturated rings. The van der Waals surface area contributed by atoms with Gasteiger partial charge in [0.05, 0.1) is 0 Å². The number of furan rings is 1. The van der Waals surface area contributed by atoms with E-state index in [-0.39, 0.29) is 5.76 Å². The Morgan fingerprint density at radius 2 is 1.86 bits per heavy atom. The van der Waals surface area contributed by atoms with Crippen LogP contribution in [0.5, 0.6) is 0 Å². The van der Waals surface area contributed by atoms with Crippen molar-refractivity contribution in [2.24, 2.45) is 5.14 Å². The Bertz CT molecular complexity index is 738. The van der Waals surface area contributed by atoms with Crippen LogP contribution in [0.4, 0.5) is 0 Å². The average molecular weight is 329 g/mol. The first-order chi connectivity index (χ1) is 9.86. The van der Waals surface area contributed by atoms with Crippen molar-refractivity contribution >= 4 is 27.5 Å². The Hall–Kier alpha value is -1.83. The molecule has 0 bridgehead atoms. The van der Waals surface area contributed by atoms with Crippen molar-refractivity contribution in [3.8, 4) is 0 Å². The van der Waals surface area contributed by atoms with Crippen LogP contribution >= 0.6 is 11.6 Å². The quantitative estimate of drug-likeness (QED) is 0.869. The fraction of sp³-hybridized carbons (Fsp3) is 0.154. The van der Waals surface area contributed by atoms with Crippen molar-refractivity contribution in [3.63, 3.8) is 0 Å². The molecular formula is C13H13ClN2O4S. The normalized spacial score (nSPS) is 11.3. The van der Waals surface area contributed by atoms with Crippen molar-refractivity contribution in [1.29, 1.82) is 0 Å². The molecule has 112 valence electrons. The topological polar surface area (TPSA) is 102 Å². The number of rotatable bonds is 5. The summed E-state index contributed by atoms with van der Waals surface area (Å²) < 4.78 is 27.0. The number of hydrogen-bond donors (Lipinski definition) is 2. The largest absolute Gasteiger partial charge is 0.438 e. The number of nitrogens with one attached hydrogen (secondary N) is 1. The van der Waals surface area contributed by atoms with Crippen LogP contribution in [0, 0.1) is 0 Å². The molecule has 0 aliphatic carbocycles. The maximum absolute atomic E-state index is 11.8. The number of amides is 1. The molecule has 0 atom stereocenters. The molecule has 0 unspecified atom stereocenters. The molecule has 0 spiro atoms. The molecule has 8 heteroatoms. The average Bonchev–Trinajstić information content (AvgIpc) is 2.90. The van der Waals surface area contributed by atoms with Crippen LogP contribution < -0.4 is 10.5 Å². The van der Waals surface area contributed by atoms with Gasteiger partial charge in [0.25, 0.3) is 15.9 Å². The number of hydrogen-bond acceptors (Lipinski definition) is 4. The highest BCUT2D eigenvalue weighted by Crippen LogP contribution is 2.12. The van der Waals surface area contributed by atoms with E-state index in [1.807, 2.05) is 12.1 Å². The zero-order chi connectivity index (χ0) is 15.5. The molecule has 0 aliphatic heterocycles. The molecule has 6 nitrogen and oxygen atoms in total. The zero-order valence-electron chi connectivity index (χ0n) is 10.9. The Labute approximate surface area is 126 Å². The highest BCUT2D eigenvalue weighted by molar-refractivity contribution is 7.89. The van der Waals surface area contributed by atoms with Crippen molar-refractivity contribution in [3.05, 3.63) is 52.7 Å². The first-order valence-electron chi connectivity index (χ1n) is 6.01. The van der Waals surface area contributed by atoms with E-state index in [0.29, 0.717) is 18.0 Å². The molecule has 1 amide bonds. The van der Waals surface area contributed by atoms with Crippen molar-refractivity contribution in [1.82, 2.24) is 5.32 Å². The van der Waals surface area contributed by atoms with Crippen LogP contribution in [0.1, 0.15) is 16.1 Å². The minimum atomic E-state index is -3.94. The third-order valence-corrected chi connectivity index (χ3v) is 3.73. The first kappa shape index (κ1) is 15.6. The van der Waals surface area contributed by atoms with Gasteiger partial charge in [0, 0.05) is 11.6 Å². The third kappa shape index (κ3) is 4.32. The van der Waals surface area contributed by atoms with Crippen LogP contribution in [0.3, 0.4) is 0 Å². The minimum absolute atomic E-state index is 0.102. The van der Waals surface area contributed by atoms with Crippen molar-refractivity contribution < 1.29 is 17.6 Å². The molecule has 3 N–H and O–H groups in total. The highest BCUT2D eigenvalue weighted by atomic mass is 35.5. The lowest BCUT2D eigenvalue weighted by molar-refractivity contribution is 0.0921. The van der Waals surface area contributed by atoms with Crippen LogP contribution in [-0.4, -0.2) is 20.9 Å². The van der Waals surface area contributed by atoms with Crippen LogP contribution in [0.25, 0.3) is 0 Å². The Kier molecular flexibility index (Phi) is 4.66. The first-order valence-corrected chi connectivity index (χ1v) is 7.94. The second-order valence-electron chi connectivity index (χ2n) is 4.30. The predicted octanol–water partition coefficient (Wildman–Crippen LogP) is 1.55. The summed E-state index contributed by atoms with van der Waals surface area (Å²) in [4.78, 5) is 11.8. The van der Waals surface area contributed by atoms with E-state index >= 15 is 0 Å².